The van der Waals surface area contributed by atoms with Crippen LogP contribution in [-0.2, 0) is 0 Å². The molecule has 0 aliphatic carbocycles. The third kappa shape index (κ3) is 2.00. The van der Waals surface area contributed by atoms with Crippen molar-refractivity contribution in [3.8, 4) is 5.75 Å². The maximum atomic E-state index is 12.6. The first-order valence-corrected chi connectivity index (χ1v) is 4.43. The highest BCUT2D eigenvalue weighted by Crippen LogP contribution is 2.14. The van der Waals surface area contributed by atoms with E-state index >= 15 is 0 Å². The molecule has 0 aliphatic rings. The van der Waals surface area contributed by atoms with Crippen molar-refractivity contribution in [3.63, 3.8) is 0 Å². The second-order valence-electron chi connectivity index (χ2n) is 3.01. The Morgan fingerprint density at radius 2 is 2.06 bits per heavy atom. The van der Waals surface area contributed by atoms with E-state index in [9.17, 15) is 9.18 Å². The fraction of sp³-hybridized carbons (Fsp3) is 0. The fourth-order valence-electron chi connectivity index (χ4n) is 1.13. The molecule has 6 heteroatoms. The molecular formula is C10H8FN3O2. The number of H-pyrrole nitrogens is 1. The normalized spacial score (nSPS) is 10.1. The fourth-order valence-corrected chi connectivity index (χ4v) is 1.13. The summed E-state index contributed by atoms with van der Waals surface area (Å²) in [5, 5.41) is 0. The molecule has 0 bridgehead atoms. The molecule has 1 heterocycles. The molecule has 1 aromatic carbocycles. The van der Waals surface area contributed by atoms with E-state index in [-0.39, 0.29) is 17.3 Å². The first-order valence-electron chi connectivity index (χ1n) is 4.43. The maximum absolute atomic E-state index is 12.6. The zero-order chi connectivity index (χ0) is 11.5. The molecule has 82 valence electrons. The molecule has 0 fully saturated rings. The average Bonchev–Trinajstić information content (AvgIpc) is 2.68. The molecule has 0 unspecified atom stereocenters. The number of rotatable bonds is 2. The van der Waals surface area contributed by atoms with Gasteiger partial charge in [-0.05, 0) is 24.3 Å². The van der Waals surface area contributed by atoms with Crippen molar-refractivity contribution >= 4 is 11.8 Å². The van der Waals surface area contributed by atoms with Gasteiger partial charge in [-0.3, -0.25) is 0 Å². The monoisotopic (exact) mass is 221 g/mol. The Morgan fingerprint density at radius 3 is 2.62 bits per heavy atom. The van der Waals surface area contributed by atoms with Gasteiger partial charge >= 0.3 is 5.97 Å². The molecule has 2 aromatic rings. The third-order valence-electron chi connectivity index (χ3n) is 1.90. The Morgan fingerprint density at radius 1 is 1.38 bits per heavy atom. The number of hydrogen-bond donors (Lipinski definition) is 2. The number of ether oxygens (including phenoxy) is 1. The van der Waals surface area contributed by atoms with Gasteiger partial charge < -0.3 is 15.5 Å². The number of anilines is 1. The van der Waals surface area contributed by atoms with Crippen molar-refractivity contribution in [2.75, 3.05) is 5.73 Å². The second-order valence-corrected chi connectivity index (χ2v) is 3.01. The van der Waals surface area contributed by atoms with E-state index < -0.39 is 11.8 Å². The number of nitrogens with two attached hydrogens (primary N) is 1. The minimum atomic E-state index is -0.665. The highest BCUT2D eigenvalue weighted by molar-refractivity contribution is 5.93. The Hall–Kier alpha value is -2.37. The van der Waals surface area contributed by atoms with Gasteiger partial charge in [-0.25, -0.2) is 14.2 Å². The number of nitrogens with one attached hydrogen (secondary N) is 1. The van der Waals surface area contributed by atoms with E-state index in [0.29, 0.717) is 0 Å². The van der Waals surface area contributed by atoms with Crippen LogP contribution in [0.4, 0.5) is 10.2 Å². The number of imidazole rings is 1. The van der Waals surface area contributed by atoms with Crippen LogP contribution in [0.5, 0.6) is 5.75 Å². The summed E-state index contributed by atoms with van der Waals surface area (Å²) in [6.45, 7) is 0. The summed E-state index contributed by atoms with van der Waals surface area (Å²) < 4.78 is 17.5. The SMILES string of the molecule is Nc1nc[nH]c1C(=O)Oc1ccc(F)cc1. The van der Waals surface area contributed by atoms with E-state index in [1.54, 1.807) is 0 Å². The van der Waals surface area contributed by atoms with Crippen LogP contribution in [0.2, 0.25) is 0 Å². The number of aromatic amines is 1. The van der Waals surface area contributed by atoms with Crippen LogP contribution in [0.3, 0.4) is 0 Å². The number of hydrogen-bond acceptors (Lipinski definition) is 4. The number of nitrogen functional groups attached to an aromatic ring is 1. The highest BCUT2D eigenvalue weighted by Gasteiger charge is 2.14. The summed E-state index contributed by atoms with van der Waals surface area (Å²) in [5.41, 5.74) is 5.49. The lowest BCUT2D eigenvalue weighted by atomic mass is 10.3. The van der Waals surface area contributed by atoms with E-state index in [1.807, 2.05) is 0 Å². The standard InChI is InChI=1S/C10H8FN3O2/c11-6-1-3-7(4-2-6)16-10(15)8-9(12)14-5-13-8/h1-5H,12H2,(H,13,14). The number of benzene rings is 1. The molecule has 0 atom stereocenters. The summed E-state index contributed by atoms with van der Waals surface area (Å²) in [6, 6.07) is 5.08. The lowest BCUT2D eigenvalue weighted by Gasteiger charge is -2.02. The summed E-state index contributed by atoms with van der Waals surface area (Å²) in [6.07, 6.45) is 1.29. The Bertz CT molecular complexity index is 507. The number of halogens is 1. The van der Waals surface area contributed by atoms with Crippen molar-refractivity contribution in [2.45, 2.75) is 0 Å². The summed E-state index contributed by atoms with van der Waals surface area (Å²) in [7, 11) is 0. The van der Waals surface area contributed by atoms with Gasteiger partial charge in [0, 0.05) is 0 Å². The zero-order valence-electron chi connectivity index (χ0n) is 8.11. The quantitative estimate of drug-likeness (QED) is 0.592. The highest BCUT2D eigenvalue weighted by atomic mass is 19.1. The lowest BCUT2D eigenvalue weighted by Crippen LogP contribution is -2.11. The van der Waals surface area contributed by atoms with Gasteiger partial charge in [0.15, 0.2) is 11.5 Å². The van der Waals surface area contributed by atoms with E-state index in [4.69, 9.17) is 10.5 Å². The molecule has 0 spiro atoms. The van der Waals surface area contributed by atoms with Crippen LogP contribution >= 0.6 is 0 Å². The van der Waals surface area contributed by atoms with Crippen molar-refractivity contribution in [1.29, 1.82) is 0 Å². The third-order valence-corrected chi connectivity index (χ3v) is 1.90. The zero-order valence-corrected chi connectivity index (χ0v) is 8.11. The van der Waals surface area contributed by atoms with Gasteiger partial charge in [0.1, 0.15) is 11.6 Å². The van der Waals surface area contributed by atoms with Gasteiger partial charge in [0.05, 0.1) is 6.33 Å². The van der Waals surface area contributed by atoms with Crippen LogP contribution in [0, 0.1) is 5.82 Å². The number of carbonyl (C=O) groups is 1. The van der Waals surface area contributed by atoms with Gasteiger partial charge in [0.25, 0.3) is 0 Å². The van der Waals surface area contributed by atoms with Gasteiger partial charge in [0.2, 0.25) is 0 Å². The Kier molecular flexibility index (Phi) is 2.55. The smallest absolute Gasteiger partial charge is 0.364 e. The van der Waals surface area contributed by atoms with Crippen molar-refractivity contribution in [2.24, 2.45) is 0 Å². The van der Waals surface area contributed by atoms with Crippen LogP contribution in [-0.4, -0.2) is 15.9 Å². The van der Waals surface area contributed by atoms with E-state index in [2.05, 4.69) is 9.97 Å². The molecule has 1 aromatic heterocycles. The minimum Gasteiger partial charge on any atom is -0.422 e. The number of aromatic nitrogens is 2. The molecule has 0 amide bonds. The molecule has 0 saturated carbocycles. The largest absolute Gasteiger partial charge is 0.422 e. The van der Waals surface area contributed by atoms with Crippen LogP contribution in [0.25, 0.3) is 0 Å². The predicted octanol–water partition coefficient (Wildman–Crippen LogP) is 1.35. The molecular weight excluding hydrogens is 213 g/mol. The van der Waals surface area contributed by atoms with Gasteiger partial charge in [-0.2, -0.15) is 0 Å². The van der Waals surface area contributed by atoms with Crippen molar-refractivity contribution in [3.05, 3.63) is 42.1 Å². The average molecular weight is 221 g/mol. The first kappa shape index (κ1) is 10.2. The molecule has 16 heavy (non-hydrogen) atoms. The lowest BCUT2D eigenvalue weighted by molar-refractivity contribution is 0.0730. The van der Waals surface area contributed by atoms with Crippen molar-refractivity contribution in [1.82, 2.24) is 9.97 Å². The topological polar surface area (TPSA) is 81.0 Å². The summed E-state index contributed by atoms with van der Waals surface area (Å²) >= 11 is 0. The first-order chi connectivity index (χ1) is 7.66. The minimum absolute atomic E-state index is 0.0621. The summed E-state index contributed by atoms with van der Waals surface area (Å²) in [4.78, 5) is 17.7. The molecule has 2 rings (SSSR count). The molecule has 0 saturated heterocycles. The molecule has 0 radical (unpaired) electrons. The predicted molar refractivity (Wildman–Crippen MR) is 54.4 cm³/mol. The molecule has 3 N–H and O–H groups in total. The number of nitrogens with zero attached hydrogens (tertiary/aromatic N) is 1. The number of carbonyl (C=O) groups excluding carboxylic acids is 1. The van der Waals surface area contributed by atoms with Gasteiger partial charge in [-0.15, -0.1) is 0 Å². The molecule has 5 nitrogen and oxygen atoms in total. The van der Waals surface area contributed by atoms with Crippen LogP contribution in [0.1, 0.15) is 10.5 Å². The maximum Gasteiger partial charge on any atom is 0.364 e. The second kappa shape index (κ2) is 4.01. The van der Waals surface area contributed by atoms with Gasteiger partial charge in [-0.1, -0.05) is 0 Å². The van der Waals surface area contributed by atoms with E-state index in [1.165, 1.54) is 30.6 Å². The number of esters is 1. The van der Waals surface area contributed by atoms with Crippen molar-refractivity contribution < 1.29 is 13.9 Å². The van der Waals surface area contributed by atoms with E-state index in [0.717, 1.165) is 0 Å². The summed E-state index contributed by atoms with van der Waals surface area (Å²) in [5.74, 6) is -0.769. The Labute approximate surface area is 90.1 Å². The van der Waals surface area contributed by atoms with Crippen LogP contribution in [0.15, 0.2) is 30.6 Å². The van der Waals surface area contributed by atoms with Crippen LogP contribution < -0.4 is 10.5 Å². The molecule has 0 aliphatic heterocycles. The Balaban J connectivity index is 2.14.